The molecule has 1 aromatic rings. The number of ether oxygens (including phenoxy) is 1. The maximum atomic E-state index is 12.9. The molecule has 1 spiro atoms. The Hall–Kier alpha value is -1.88. The van der Waals surface area contributed by atoms with Gasteiger partial charge in [-0.15, -0.1) is 0 Å². The molecule has 3 aliphatic rings. The summed E-state index contributed by atoms with van der Waals surface area (Å²) in [6.07, 6.45) is 5.50. The van der Waals surface area contributed by atoms with Crippen LogP contribution in [0.5, 0.6) is 0 Å². The number of piperidine rings is 1. The minimum absolute atomic E-state index is 0.122. The molecular weight excluding hydrogens is 376 g/mol. The molecule has 2 saturated heterocycles. The van der Waals surface area contributed by atoms with Crippen molar-refractivity contribution in [2.45, 2.75) is 63.7 Å². The Balaban J connectivity index is 1.46. The van der Waals surface area contributed by atoms with Gasteiger partial charge in [-0.3, -0.25) is 9.59 Å². The number of fused-ring (bicyclic) bond motifs is 2. The summed E-state index contributed by atoms with van der Waals surface area (Å²) in [5.41, 5.74) is 2.91. The van der Waals surface area contributed by atoms with Crippen LogP contribution in [-0.4, -0.2) is 61.0 Å². The van der Waals surface area contributed by atoms with Gasteiger partial charge in [0, 0.05) is 38.5 Å². The van der Waals surface area contributed by atoms with E-state index in [1.165, 1.54) is 11.1 Å². The van der Waals surface area contributed by atoms with Crippen molar-refractivity contribution in [3.8, 4) is 0 Å². The summed E-state index contributed by atoms with van der Waals surface area (Å²) in [5.74, 6) is 1.04. The highest BCUT2D eigenvalue weighted by Gasteiger charge is 2.46. The Bertz CT molecular complexity index is 759. The third kappa shape index (κ3) is 4.01. The van der Waals surface area contributed by atoms with Crippen LogP contribution in [0.1, 0.15) is 69.4 Å². The number of carbonyl (C=O) groups is 2. The average Bonchev–Trinajstić information content (AvgIpc) is 3.08. The molecule has 2 aliphatic heterocycles. The van der Waals surface area contributed by atoms with E-state index in [9.17, 15) is 9.59 Å². The summed E-state index contributed by atoms with van der Waals surface area (Å²) in [6, 6.07) is 8.74. The van der Waals surface area contributed by atoms with Gasteiger partial charge in [0.25, 0.3) is 0 Å². The van der Waals surface area contributed by atoms with E-state index in [0.29, 0.717) is 38.6 Å². The number of hydrogen-bond donors (Lipinski definition) is 0. The van der Waals surface area contributed by atoms with Crippen LogP contribution >= 0.6 is 0 Å². The number of carbonyl (C=O) groups excluding carboxylic acids is 2. The van der Waals surface area contributed by atoms with Crippen molar-refractivity contribution in [1.29, 1.82) is 0 Å². The summed E-state index contributed by atoms with van der Waals surface area (Å²) < 4.78 is 5.40. The Morgan fingerprint density at radius 1 is 1.03 bits per heavy atom. The lowest BCUT2D eigenvalue weighted by molar-refractivity contribution is -0.137. The van der Waals surface area contributed by atoms with E-state index in [-0.39, 0.29) is 23.2 Å². The first-order valence-electron chi connectivity index (χ1n) is 11.8. The largest absolute Gasteiger partial charge is 0.378 e. The molecule has 164 valence electrons. The molecule has 5 nitrogen and oxygen atoms in total. The summed E-state index contributed by atoms with van der Waals surface area (Å²) in [5, 5.41) is 0. The van der Waals surface area contributed by atoms with Gasteiger partial charge >= 0.3 is 0 Å². The van der Waals surface area contributed by atoms with Crippen molar-refractivity contribution in [1.82, 2.24) is 9.80 Å². The maximum Gasteiger partial charge on any atom is 0.225 e. The average molecular weight is 413 g/mol. The van der Waals surface area contributed by atoms with Crippen molar-refractivity contribution in [3.05, 3.63) is 35.4 Å². The fourth-order valence-electron chi connectivity index (χ4n) is 5.89. The van der Waals surface area contributed by atoms with Gasteiger partial charge in [0.15, 0.2) is 0 Å². The molecular formula is C25H36N2O3. The topological polar surface area (TPSA) is 49.9 Å². The first-order valence-corrected chi connectivity index (χ1v) is 11.8. The highest BCUT2D eigenvalue weighted by molar-refractivity contribution is 5.79. The maximum absolute atomic E-state index is 12.9. The molecule has 30 heavy (non-hydrogen) atoms. The third-order valence-corrected chi connectivity index (χ3v) is 7.76. The van der Waals surface area contributed by atoms with Crippen molar-refractivity contribution in [3.63, 3.8) is 0 Å². The molecule has 1 atom stereocenters. The van der Waals surface area contributed by atoms with E-state index < -0.39 is 0 Å². The standard InChI is InChI=1S/C25H36N2O3/c1-3-19(4-2)24(29)27-11-9-25(10-12-27)18-20(21-7-5-6-8-22(21)25)17-23(28)26-13-15-30-16-14-26/h5-8,19-20H,3-4,9-18H2,1-2H3. The predicted octanol–water partition coefficient (Wildman–Crippen LogP) is 3.72. The van der Waals surface area contributed by atoms with Crippen molar-refractivity contribution >= 4 is 11.8 Å². The zero-order valence-electron chi connectivity index (χ0n) is 18.6. The van der Waals surface area contributed by atoms with E-state index in [1.807, 2.05) is 4.90 Å². The van der Waals surface area contributed by atoms with Crippen molar-refractivity contribution in [2.24, 2.45) is 5.92 Å². The van der Waals surface area contributed by atoms with E-state index in [0.717, 1.165) is 45.2 Å². The van der Waals surface area contributed by atoms with Gasteiger partial charge in [-0.1, -0.05) is 38.1 Å². The van der Waals surface area contributed by atoms with Gasteiger partial charge in [-0.25, -0.2) is 0 Å². The minimum Gasteiger partial charge on any atom is -0.378 e. The molecule has 1 aromatic carbocycles. The zero-order valence-corrected chi connectivity index (χ0v) is 18.6. The van der Waals surface area contributed by atoms with Crippen LogP contribution in [0, 0.1) is 5.92 Å². The number of nitrogens with zero attached hydrogens (tertiary/aromatic N) is 2. The molecule has 1 unspecified atom stereocenters. The molecule has 4 rings (SSSR count). The SMILES string of the molecule is CCC(CC)C(=O)N1CCC2(CC1)CC(CC(=O)N1CCOCC1)c1ccccc12. The number of likely N-dealkylation sites (tertiary alicyclic amines) is 1. The summed E-state index contributed by atoms with van der Waals surface area (Å²) in [4.78, 5) is 29.9. The molecule has 5 heteroatoms. The van der Waals surface area contributed by atoms with E-state index >= 15 is 0 Å². The van der Waals surface area contributed by atoms with Crippen molar-refractivity contribution in [2.75, 3.05) is 39.4 Å². The van der Waals surface area contributed by atoms with Crippen LogP contribution in [0.25, 0.3) is 0 Å². The van der Waals surface area contributed by atoms with Crippen LogP contribution in [0.4, 0.5) is 0 Å². The molecule has 0 bridgehead atoms. The second-order valence-electron chi connectivity index (χ2n) is 9.30. The highest BCUT2D eigenvalue weighted by atomic mass is 16.5. The minimum atomic E-state index is 0.122. The Morgan fingerprint density at radius 3 is 2.37 bits per heavy atom. The number of amides is 2. The van der Waals surface area contributed by atoms with E-state index in [2.05, 4.69) is 43.0 Å². The number of rotatable bonds is 5. The lowest BCUT2D eigenvalue weighted by Crippen LogP contribution is -2.46. The fraction of sp³-hybridized carbons (Fsp3) is 0.680. The molecule has 0 aromatic heterocycles. The molecule has 2 fully saturated rings. The van der Waals surface area contributed by atoms with Crippen LogP contribution < -0.4 is 0 Å². The van der Waals surface area contributed by atoms with E-state index in [4.69, 9.17) is 4.74 Å². The van der Waals surface area contributed by atoms with Gasteiger partial charge < -0.3 is 14.5 Å². The molecule has 2 amide bonds. The normalized spacial score (nSPS) is 23.1. The smallest absolute Gasteiger partial charge is 0.225 e. The Kier molecular flexibility index (Phi) is 6.47. The summed E-state index contributed by atoms with van der Waals surface area (Å²) >= 11 is 0. The second-order valence-corrected chi connectivity index (χ2v) is 9.30. The zero-order chi connectivity index (χ0) is 21.1. The number of benzene rings is 1. The third-order valence-electron chi connectivity index (χ3n) is 7.76. The summed E-state index contributed by atoms with van der Waals surface area (Å²) in [6.45, 7) is 8.63. The van der Waals surface area contributed by atoms with Crippen LogP contribution in [0.3, 0.4) is 0 Å². The van der Waals surface area contributed by atoms with Gasteiger partial charge in [-0.2, -0.15) is 0 Å². The lowest BCUT2D eigenvalue weighted by Gasteiger charge is -2.41. The first-order chi connectivity index (χ1) is 14.6. The second kappa shape index (κ2) is 9.09. The fourth-order valence-corrected chi connectivity index (χ4v) is 5.89. The lowest BCUT2D eigenvalue weighted by atomic mass is 9.73. The Morgan fingerprint density at radius 2 is 1.70 bits per heavy atom. The predicted molar refractivity (Wildman–Crippen MR) is 117 cm³/mol. The Labute approximate surface area is 180 Å². The molecule has 0 N–H and O–H groups in total. The highest BCUT2D eigenvalue weighted by Crippen LogP contribution is 2.52. The van der Waals surface area contributed by atoms with Gasteiger partial charge in [-0.05, 0) is 54.6 Å². The van der Waals surface area contributed by atoms with Crippen LogP contribution in [-0.2, 0) is 19.7 Å². The van der Waals surface area contributed by atoms with Gasteiger partial charge in [0.2, 0.25) is 11.8 Å². The number of morpholine rings is 1. The van der Waals surface area contributed by atoms with Gasteiger partial charge in [0.05, 0.1) is 13.2 Å². The van der Waals surface area contributed by atoms with Crippen molar-refractivity contribution < 1.29 is 14.3 Å². The monoisotopic (exact) mass is 412 g/mol. The quantitative estimate of drug-likeness (QED) is 0.741. The summed E-state index contributed by atoms with van der Waals surface area (Å²) in [7, 11) is 0. The number of hydrogen-bond acceptors (Lipinski definition) is 3. The molecule has 0 radical (unpaired) electrons. The molecule has 2 heterocycles. The first kappa shape index (κ1) is 21.4. The van der Waals surface area contributed by atoms with E-state index in [1.54, 1.807) is 0 Å². The molecule has 0 saturated carbocycles. The molecule has 1 aliphatic carbocycles. The van der Waals surface area contributed by atoms with Gasteiger partial charge in [0.1, 0.15) is 0 Å². The van der Waals surface area contributed by atoms with Crippen LogP contribution in [0.15, 0.2) is 24.3 Å². The van der Waals surface area contributed by atoms with Crippen LogP contribution in [0.2, 0.25) is 0 Å².